The quantitative estimate of drug-likeness (QED) is 0.638. The smallest absolute Gasteiger partial charge is 0.193 e. The van der Waals surface area contributed by atoms with E-state index in [0.29, 0.717) is 18.3 Å². The van der Waals surface area contributed by atoms with Crippen molar-refractivity contribution in [1.82, 2.24) is 0 Å². The zero-order valence-corrected chi connectivity index (χ0v) is 7.92. The largest absolute Gasteiger partial charge is 0.482 e. The molecule has 0 saturated carbocycles. The summed E-state index contributed by atoms with van der Waals surface area (Å²) in [6, 6.07) is 9.89. The molecule has 1 aromatic rings. The highest BCUT2D eigenvalue weighted by Crippen LogP contribution is 2.22. The highest BCUT2D eigenvalue weighted by atomic mass is 32.1. The zero-order valence-electron chi connectivity index (χ0n) is 7.10. The van der Waals surface area contributed by atoms with Crippen LogP contribution in [0.15, 0.2) is 30.3 Å². The van der Waals surface area contributed by atoms with Gasteiger partial charge in [0.1, 0.15) is 6.61 Å². The van der Waals surface area contributed by atoms with Crippen molar-refractivity contribution in [3.05, 3.63) is 35.9 Å². The lowest BCUT2D eigenvalue weighted by atomic mass is 10.1. The van der Waals surface area contributed by atoms with Gasteiger partial charge in [0.15, 0.2) is 11.2 Å². The second-order valence-corrected chi connectivity index (χ2v) is 3.23. The Morgan fingerprint density at radius 2 is 1.92 bits per heavy atom. The molecule has 0 bridgehead atoms. The molecule has 2 nitrogen and oxygen atoms in total. The average molecular weight is 194 g/mol. The lowest BCUT2D eigenvalue weighted by molar-refractivity contribution is 0.0188. The van der Waals surface area contributed by atoms with Crippen LogP contribution in [-0.2, 0) is 9.47 Å². The molecule has 0 amide bonds. The van der Waals surface area contributed by atoms with Crippen LogP contribution >= 0.6 is 12.2 Å². The summed E-state index contributed by atoms with van der Waals surface area (Å²) in [5.74, 6) is 0. The molecule has 0 spiro atoms. The summed E-state index contributed by atoms with van der Waals surface area (Å²) >= 11 is 5.06. The van der Waals surface area contributed by atoms with E-state index in [2.05, 4.69) is 0 Å². The van der Waals surface area contributed by atoms with Gasteiger partial charge < -0.3 is 9.47 Å². The second-order valence-electron chi connectivity index (χ2n) is 2.83. The van der Waals surface area contributed by atoms with Gasteiger partial charge in [-0.3, -0.25) is 0 Å². The van der Waals surface area contributed by atoms with Crippen molar-refractivity contribution in [1.29, 1.82) is 0 Å². The normalized spacial score (nSPS) is 22.5. The molecular weight excluding hydrogens is 184 g/mol. The van der Waals surface area contributed by atoms with Gasteiger partial charge >= 0.3 is 0 Å². The number of rotatable bonds is 1. The average Bonchev–Trinajstić information content (AvgIpc) is 2.20. The molecule has 0 radical (unpaired) electrons. The van der Waals surface area contributed by atoms with Crippen molar-refractivity contribution >= 4 is 17.3 Å². The van der Waals surface area contributed by atoms with Gasteiger partial charge in [-0.05, 0) is 17.8 Å². The van der Waals surface area contributed by atoms with Crippen LogP contribution in [0, 0.1) is 0 Å². The predicted octanol–water partition coefficient (Wildman–Crippen LogP) is 2.10. The predicted molar refractivity (Wildman–Crippen MR) is 53.7 cm³/mol. The standard InChI is InChI=1S/C10H10O2S/c13-10-9(11-6-7-12-10)8-4-2-1-3-5-8/h1-5,9H,6-7H2. The molecule has 0 aromatic heterocycles. The van der Waals surface area contributed by atoms with E-state index in [1.807, 2.05) is 30.3 Å². The second kappa shape index (κ2) is 3.85. The van der Waals surface area contributed by atoms with Crippen LogP contribution in [0.1, 0.15) is 11.7 Å². The highest BCUT2D eigenvalue weighted by molar-refractivity contribution is 7.80. The topological polar surface area (TPSA) is 18.5 Å². The minimum atomic E-state index is -0.162. The van der Waals surface area contributed by atoms with Crippen LogP contribution in [0.25, 0.3) is 0 Å². The molecule has 1 heterocycles. The lowest BCUT2D eigenvalue weighted by Crippen LogP contribution is -2.26. The third kappa shape index (κ3) is 1.87. The Labute approximate surface area is 82.5 Å². The Morgan fingerprint density at radius 1 is 1.15 bits per heavy atom. The molecular formula is C10H10O2S. The van der Waals surface area contributed by atoms with Crippen LogP contribution in [-0.4, -0.2) is 18.3 Å². The molecule has 0 aliphatic carbocycles. The van der Waals surface area contributed by atoms with E-state index in [9.17, 15) is 0 Å². The molecule has 2 rings (SSSR count). The van der Waals surface area contributed by atoms with Gasteiger partial charge in [0.2, 0.25) is 0 Å². The third-order valence-corrected chi connectivity index (χ3v) is 2.26. The summed E-state index contributed by atoms with van der Waals surface area (Å²) in [4.78, 5) is 0. The molecule has 3 heteroatoms. The highest BCUT2D eigenvalue weighted by Gasteiger charge is 2.22. The number of hydrogen-bond donors (Lipinski definition) is 0. The fourth-order valence-electron chi connectivity index (χ4n) is 1.31. The zero-order chi connectivity index (χ0) is 9.10. The summed E-state index contributed by atoms with van der Waals surface area (Å²) in [5.41, 5.74) is 1.06. The number of thiocarbonyl (C=S) groups is 1. The van der Waals surface area contributed by atoms with E-state index >= 15 is 0 Å². The van der Waals surface area contributed by atoms with Gasteiger partial charge in [-0.25, -0.2) is 0 Å². The first kappa shape index (κ1) is 8.66. The van der Waals surface area contributed by atoms with Crippen molar-refractivity contribution in [2.24, 2.45) is 0 Å². The van der Waals surface area contributed by atoms with Crippen LogP contribution in [0.2, 0.25) is 0 Å². The minimum absolute atomic E-state index is 0.162. The van der Waals surface area contributed by atoms with E-state index < -0.39 is 0 Å². The van der Waals surface area contributed by atoms with Crippen LogP contribution < -0.4 is 0 Å². The SMILES string of the molecule is S=C1OCCOC1c1ccccc1. The molecule has 0 N–H and O–H groups in total. The fraction of sp³-hybridized carbons (Fsp3) is 0.300. The molecule has 1 atom stereocenters. The Morgan fingerprint density at radius 3 is 2.62 bits per heavy atom. The summed E-state index contributed by atoms with van der Waals surface area (Å²) in [7, 11) is 0. The number of benzene rings is 1. The van der Waals surface area contributed by atoms with Crippen molar-refractivity contribution in [3.63, 3.8) is 0 Å². The van der Waals surface area contributed by atoms with Gasteiger partial charge in [0, 0.05) is 0 Å². The van der Waals surface area contributed by atoms with E-state index in [1.165, 1.54) is 0 Å². The molecule has 1 aliphatic rings. The summed E-state index contributed by atoms with van der Waals surface area (Å²) in [6.07, 6.45) is -0.162. The first-order valence-electron chi connectivity index (χ1n) is 4.21. The first-order valence-corrected chi connectivity index (χ1v) is 4.62. The maximum atomic E-state index is 5.51. The van der Waals surface area contributed by atoms with Crippen molar-refractivity contribution in [2.45, 2.75) is 6.10 Å². The van der Waals surface area contributed by atoms with E-state index in [0.717, 1.165) is 5.56 Å². The Bertz CT molecular complexity index is 297. The monoisotopic (exact) mass is 194 g/mol. The number of hydrogen-bond acceptors (Lipinski definition) is 3. The molecule has 13 heavy (non-hydrogen) atoms. The molecule has 1 aromatic carbocycles. The first-order chi connectivity index (χ1) is 6.38. The van der Waals surface area contributed by atoms with Gasteiger partial charge in [-0.1, -0.05) is 30.3 Å². The van der Waals surface area contributed by atoms with Gasteiger partial charge in [0.25, 0.3) is 0 Å². The van der Waals surface area contributed by atoms with Gasteiger partial charge in [-0.15, -0.1) is 0 Å². The van der Waals surface area contributed by atoms with Gasteiger partial charge in [-0.2, -0.15) is 0 Å². The van der Waals surface area contributed by atoms with Crippen LogP contribution in [0.5, 0.6) is 0 Å². The van der Waals surface area contributed by atoms with E-state index in [1.54, 1.807) is 0 Å². The summed E-state index contributed by atoms with van der Waals surface area (Å²) in [6.45, 7) is 1.18. The maximum absolute atomic E-state index is 5.51. The minimum Gasteiger partial charge on any atom is -0.482 e. The summed E-state index contributed by atoms with van der Waals surface area (Å²) in [5, 5.41) is 0.539. The molecule has 68 valence electrons. The number of ether oxygens (including phenoxy) is 2. The molecule has 1 saturated heterocycles. The Hall–Kier alpha value is -0.930. The van der Waals surface area contributed by atoms with Crippen molar-refractivity contribution in [2.75, 3.05) is 13.2 Å². The van der Waals surface area contributed by atoms with Gasteiger partial charge in [0.05, 0.1) is 6.61 Å². The third-order valence-electron chi connectivity index (χ3n) is 1.93. The Balaban J connectivity index is 2.20. The Kier molecular flexibility index (Phi) is 2.57. The lowest BCUT2D eigenvalue weighted by Gasteiger charge is -2.24. The van der Waals surface area contributed by atoms with Crippen molar-refractivity contribution < 1.29 is 9.47 Å². The van der Waals surface area contributed by atoms with Crippen LogP contribution in [0.4, 0.5) is 0 Å². The molecule has 1 unspecified atom stereocenters. The molecule has 1 aliphatic heterocycles. The summed E-state index contributed by atoms with van der Waals surface area (Å²) < 4.78 is 10.8. The fourth-order valence-corrected chi connectivity index (χ4v) is 1.60. The van der Waals surface area contributed by atoms with Crippen LogP contribution in [0.3, 0.4) is 0 Å². The van der Waals surface area contributed by atoms with E-state index in [-0.39, 0.29) is 6.10 Å². The van der Waals surface area contributed by atoms with E-state index in [4.69, 9.17) is 21.7 Å². The maximum Gasteiger partial charge on any atom is 0.193 e. The van der Waals surface area contributed by atoms with Crippen molar-refractivity contribution in [3.8, 4) is 0 Å². The molecule has 1 fully saturated rings.